The maximum Gasteiger partial charge on any atom is 0.0465 e. The second-order valence-electron chi connectivity index (χ2n) is 3.35. The molecule has 0 aliphatic heterocycles. The third-order valence-corrected chi connectivity index (χ3v) is 3.04. The van der Waals surface area contributed by atoms with Crippen LogP contribution in [0.15, 0.2) is 30.9 Å². The standard InChI is InChI=1S/C13H12IN/c1-3-5-12-10(4-2)11-8-9(14)6-7-13(11)15-12/h3-8,15H,2H2,1H3/b5-3-. The molecule has 1 heterocycles. The van der Waals surface area contributed by atoms with E-state index in [2.05, 4.69) is 58.4 Å². The van der Waals surface area contributed by atoms with Gasteiger partial charge in [-0.05, 0) is 53.8 Å². The normalized spacial score (nSPS) is 11.3. The molecule has 0 unspecified atom stereocenters. The summed E-state index contributed by atoms with van der Waals surface area (Å²) >= 11 is 2.33. The van der Waals surface area contributed by atoms with Crippen LogP contribution in [0.1, 0.15) is 18.2 Å². The van der Waals surface area contributed by atoms with Gasteiger partial charge in [-0.3, -0.25) is 0 Å². The molecular weight excluding hydrogens is 297 g/mol. The molecule has 0 amide bonds. The van der Waals surface area contributed by atoms with E-state index in [0.29, 0.717) is 0 Å². The van der Waals surface area contributed by atoms with Crippen LogP contribution in [-0.2, 0) is 0 Å². The molecule has 0 radical (unpaired) electrons. The molecule has 2 heteroatoms. The zero-order valence-electron chi connectivity index (χ0n) is 8.55. The van der Waals surface area contributed by atoms with Gasteiger partial charge in [-0.25, -0.2) is 0 Å². The second kappa shape index (κ2) is 4.23. The Bertz CT molecular complexity index is 535. The Morgan fingerprint density at radius 1 is 1.40 bits per heavy atom. The first-order valence-corrected chi connectivity index (χ1v) is 5.90. The maximum atomic E-state index is 3.87. The van der Waals surface area contributed by atoms with Crippen LogP contribution in [0, 0.1) is 3.57 Å². The van der Waals surface area contributed by atoms with Gasteiger partial charge < -0.3 is 4.98 Å². The molecule has 15 heavy (non-hydrogen) atoms. The number of fused-ring (bicyclic) bond motifs is 1. The van der Waals surface area contributed by atoms with E-state index in [9.17, 15) is 0 Å². The highest BCUT2D eigenvalue weighted by Crippen LogP contribution is 2.26. The minimum absolute atomic E-state index is 1.13. The SMILES string of the molecule is C=Cc1c(/C=C\C)[nH]c2ccc(I)cc12. The molecule has 0 saturated heterocycles. The van der Waals surface area contributed by atoms with Crippen molar-refractivity contribution in [3.05, 3.63) is 45.7 Å². The van der Waals surface area contributed by atoms with Crippen LogP contribution >= 0.6 is 22.6 Å². The zero-order valence-corrected chi connectivity index (χ0v) is 10.7. The first kappa shape index (κ1) is 10.5. The van der Waals surface area contributed by atoms with Gasteiger partial charge in [-0.15, -0.1) is 0 Å². The monoisotopic (exact) mass is 309 g/mol. The van der Waals surface area contributed by atoms with Crippen molar-refractivity contribution in [2.45, 2.75) is 6.92 Å². The number of rotatable bonds is 2. The summed E-state index contributed by atoms with van der Waals surface area (Å²) in [4.78, 5) is 3.38. The Morgan fingerprint density at radius 3 is 2.87 bits per heavy atom. The lowest BCUT2D eigenvalue weighted by Crippen LogP contribution is -1.74. The Balaban J connectivity index is 2.79. The molecule has 0 aliphatic carbocycles. The molecule has 2 rings (SSSR count). The summed E-state index contributed by atoms with van der Waals surface area (Å²) in [5.74, 6) is 0. The van der Waals surface area contributed by atoms with Crippen LogP contribution in [0.5, 0.6) is 0 Å². The Labute approximate surface area is 103 Å². The van der Waals surface area contributed by atoms with E-state index in [1.807, 2.05) is 19.1 Å². The van der Waals surface area contributed by atoms with Crippen molar-refractivity contribution in [1.29, 1.82) is 0 Å². The van der Waals surface area contributed by atoms with Crippen LogP contribution in [0.25, 0.3) is 23.1 Å². The van der Waals surface area contributed by atoms with Crippen molar-refractivity contribution in [3.8, 4) is 0 Å². The van der Waals surface area contributed by atoms with Crippen molar-refractivity contribution in [2.24, 2.45) is 0 Å². The molecule has 0 fully saturated rings. The van der Waals surface area contributed by atoms with Crippen molar-refractivity contribution < 1.29 is 0 Å². The molecule has 76 valence electrons. The molecule has 1 nitrogen and oxygen atoms in total. The topological polar surface area (TPSA) is 15.8 Å². The minimum atomic E-state index is 1.13. The number of aromatic amines is 1. The lowest BCUT2D eigenvalue weighted by molar-refractivity contribution is 1.42. The second-order valence-corrected chi connectivity index (χ2v) is 4.59. The number of allylic oxidation sites excluding steroid dienone is 1. The number of aromatic nitrogens is 1. The third kappa shape index (κ3) is 1.86. The summed E-state index contributed by atoms with van der Waals surface area (Å²) < 4.78 is 1.24. The average molecular weight is 309 g/mol. The van der Waals surface area contributed by atoms with E-state index in [4.69, 9.17) is 0 Å². The van der Waals surface area contributed by atoms with Gasteiger partial charge >= 0.3 is 0 Å². The summed E-state index contributed by atoms with van der Waals surface area (Å²) in [5, 5.41) is 1.24. The lowest BCUT2D eigenvalue weighted by Gasteiger charge is -1.93. The first-order valence-electron chi connectivity index (χ1n) is 4.82. The predicted molar refractivity (Wildman–Crippen MR) is 75.8 cm³/mol. The molecule has 2 aromatic rings. The maximum absolute atomic E-state index is 3.87. The number of halogens is 1. The highest BCUT2D eigenvalue weighted by molar-refractivity contribution is 14.1. The summed E-state index contributed by atoms with van der Waals surface area (Å²) in [6.45, 7) is 5.89. The minimum Gasteiger partial charge on any atom is -0.355 e. The average Bonchev–Trinajstić information content (AvgIpc) is 2.55. The number of hydrogen-bond donors (Lipinski definition) is 1. The van der Waals surface area contributed by atoms with E-state index in [1.54, 1.807) is 0 Å². The van der Waals surface area contributed by atoms with Crippen LogP contribution in [0.3, 0.4) is 0 Å². The van der Waals surface area contributed by atoms with Crippen molar-refractivity contribution in [2.75, 3.05) is 0 Å². The number of nitrogens with one attached hydrogen (secondary N) is 1. The largest absolute Gasteiger partial charge is 0.355 e. The van der Waals surface area contributed by atoms with E-state index < -0.39 is 0 Å². The molecule has 0 aliphatic rings. The molecule has 0 bridgehead atoms. The molecule has 0 saturated carbocycles. The van der Waals surface area contributed by atoms with Crippen molar-refractivity contribution in [3.63, 3.8) is 0 Å². The highest BCUT2D eigenvalue weighted by Gasteiger charge is 2.06. The number of benzene rings is 1. The van der Waals surface area contributed by atoms with Gasteiger partial charge in [0.05, 0.1) is 0 Å². The zero-order chi connectivity index (χ0) is 10.8. The Kier molecular flexibility index (Phi) is 2.95. The van der Waals surface area contributed by atoms with Crippen LogP contribution in [0.2, 0.25) is 0 Å². The van der Waals surface area contributed by atoms with Gasteiger partial charge in [0.15, 0.2) is 0 Å². The van der Waals surface area contributed by atoms with Crippen LogP contribution in [0.4, 0.5) is 0 Å². The Hall–Kier alpha value is -1.03. The van der Waals surface area contributed by atoms with E-state index in [0.717, 1.165) is 5.69 Å². The third-order valence-electron chi connectivity index (χ3n) is 2.37. The van der Waals surface area contributed by atoms with E-state index in [1.165, 1.54) is 20.0 Å². The first-order chi connectivity index (χ1) is 7.26. The van der Waals surface area contributed by atoms with Gasteiger partial charge in [0, 0.05) is 25.7 Å². The van der Waals surface area contributed by atoms with Crippen molar-refractivity contribution in [1.82, 2.24) is 4.98 Å². The lowest BCUT2D eigenvalue weighted by atomic mass is 10.1. The van der Waals surface area contributed by atoms with Gasteiger partial charge in [0.25, 0.3) is 0 Å². The molecule has 1 N–H and O–H groups in total. The Morgan fingerprint density at radius 2 is 2.20 bits per heavy atom. The van der Waals surface area contributed by atoms with Crippen LogP contribution in [-0.4, -0.2) is 4.98 Å². The molecule has 1 aromatic heterocycles. The van der Waals surface area contributed by atoms with Gasteiger partial charge in [0.2, 0.25) is 0 Å². The quantitative estimate of drug-likeness (QED) is 0.789. The van der Waals surface area contributed by atoms with Gasteiger partial charge in [-0.1, -0.05) is 18.7 Å². The fourth-order valence-corrected chi connectivity index (χ4v) is 2.22. The van der Waals surface area contributed by atoms with E-state index >= 15 is 0 Å². The van der Waals surface area contributed by atoms with Crippen LogP contribution < -0.4 is 0 Å². The van der Waals surface area contributed by atoms with Crippen molar-refractivity contribution >= 4 is 45.6 Å². The smallest absolute Gasteiger partial charge is 0.0465 e. The molecular formula is C13H12IN. The highest BCUT2D eigenvalue weighted by atomic mass is 127. The van der Waals surface area contributed by atoms with E-state index in [-0.39, 0.29) is 0 Å². The van der Waals surface area contributed by atoms with Gasteiger partial charge in [0.1, 0.15) is 0 Å². The molecule has 0 spiro atoms. The number of hydrogen-bond acceptors (Lipinski definition) is 0. The molecule has 1 aromatic carbocycles. The summed E-state index contributed by atoms with van der Waals surface area (Å²) in [7, 11) is 0. The predicted octanol–water partition coefficient (Wildman–Crippen LogP) is 4.45. The fraction of sp³-hybridized carbons (Fsp3) is 0.0769. The summed E-state index contributed by atoms with van der Waals surface area (Å²) in [5.41, 5.74) is 3.48. The number of H-pyrrole nitrogens is 1. The van der Waals surface area contributed by atoms with Gasteiger partial charge in [-0.2, -0.15) is 0 Å². The molecule has 0 atom stereocenters. The summed E-state index contributed by atoms with van der Waals surface area (Å²) in [6.07, 6.45) is 6.01. The summed E-state index contributed by atoms with van der Waals surface area (Å²) in [6, 6.07) is 6.39. The fourth-order valence-electron chi connectivity index (χ4n) is 1.72.